The maximum Gasteiger partial charge on any atom is 0.259 e. The van der Waals surface area contributed by atoms with Crippen molar-refractivity contribution in [1.82, 2.24) is 0 Å². The molecule has 2 aromatic carbocycles. The maximum atomic E-state index is 12.5. The van der Waals surface area contributed by atoms with Crippen LogP contribution in [0.1, 0.15) is 36.5 Å². The molecule has 1 aliphatic heterocycles. The number of nitrogens with zero attached hydrogens (tertiary/aromatic N) is 1. The molecular formula is C20H25N3O2. The largest absolute Gasteiger partial charge is 0.496 e. The highest BCUT2D eigenvalue weighted by atomic mass is 16.5. The number of hydrogen-bond acceptors (Lipinski definition) is 4. The molecule has 0 aliphatic carbocycles. The van der Waals surface area contributed by atoms with Crippen LogP contribution in [0.5, 0.6) is 5.75 Å². The molecule has 0 bridgehead atoms. The molecule has 1 heterocycles. The van der Waals surface area contributed by atoms with Gasteiger partial charge in [-0.25, -0.2) is 0 Å². The van der Waals surface area contributed by atoms with Gasteiger partial charge in [-0.2, -0.15) is 0 Å². The Morgan fingerprint density at radius 2 is 2.04 bits per heavy atom. The smallest absolute Gasteiger partial charge is 0.259 e. The van der Waals surface area contributed by atoms with Crippen LogP contribution in [0, 0.1) is 0 Å². The van der Waals surface area contributed by atoms with Gasteiger partial charge in [0.25, 0.3) is 5.91 Å². The van der Waals surface area contributed by atoms with Gasteiger partial charge in [0.05, 0.1) is 24.0 Å². The third-order valence-electron chi connectivity index (χ3n) is 4.75. The minimum absolute atomic E-state index is 0.212. The van der Waals surface area contributed by atoms with Gasteiger partial charge in [-0.05, 0) is 56.5 Å². The number of piperidine rings is 1. The number of anilines is 3. The summed E-state index contributed by atoms with van der Waals surface area (Å²) in [5, 5.41) is 2.90. The third-order valence-corrected chi connectivity index (χ3v) is 4.75. The van der Waals surface area contributed by atoms with E-state index < -0.39 is 0 Å². The molecular weight excluding hydrogens is 314 g/mol. The van der Waals surface area contributed by atoms with Crippen LogP contribution >= 0.6 is 0 Å². The molecule has 2 aromatic rings. The van der Waals surface area contributed by atoms with E-state index in [0.29, 0.717) is 28.7 Å². The van der Waals surface area contributed by atoms with Gasteiger partial charge >= 0.3 is 0 Å². The second-order valence-corrected chi connectivity index (χ2v) is 6.47. The van der Waals surface area contributed by atoms with Crippen LogP contribution in [0.3, 0.4) is 0 Å². The highest BCUT2D eigenvalue weighted by molar-refractivity contribution is 6.06. The second-order valence-electron chi connectivity index (χ2n) is 6.47. The molecule has 1 amide bonds. The van der Waals surface area contributed by atoms with E-state index >= 15 is 0 Å². The van der Waals surface area contributed by atoms with E-state index in [1.807, 2.05) is 30.3 Å². The Bertz CT molecular complexity index is 760. The standard InChI is InChI=1S/C20H25N3O2/c1-14-7-5-6-12-23(14)18-11-10-15(13-17(18)21)22-20(24)16-8-3-4-9-19(16)25-2/h3-4,8-11,13-14H,5-7,12,21H2,1-2H3,(H,22,24). The number of benzene rings is 2. The monoisotopic (exact) mass is 339 g/mol. The number of nitrogens with one attached hydrogen (secondary N) is 1. The fourth-order valence-electron chi connectivity index (χ4n) is 3.38. The van der Waals surface area contributed by atoms with Gasteiger partial charge in [-0.1, -0.05) is 12.1 Å². The highest BCUT2D eigenvalue weighted by Crippen LogP contribution is 2.32. The first kappa shape index (κ1) is 17.1. The predicted octanol–water partition coefficient (Wildman–Crippen LogP) is 3.91. The number of rotatable bonds is 4. The molecule has 5 heteroatoms. The Kier molecular flexibility index (Phi) is 5.12. The molecule has 1 saturated heterocycles. The number of carbonyl (C=O) groups excluding carboxylic acids is 1. The van der Waals surface area contributed by atoms with Crippen molar-refractivity contribution in [2.75, 3.05) is 29.6 Å². The Hall–Kier alpha value is -2.69. The van der Waals surface area contributed by atoms with Crippen LogP contribution in [0.15, 0.2) is 42.5 Å². The van der Waals surface area contributed by atoms with Gasteiger partial charge in [0.1, 0.15) is 5.75 Å². The zero-order chi connectivity index (χ0) is 17.8. The van der Waals surface area contributed by atoms with Crippen molar-refractivity contribution >= 4 is 23.0 Å². The Morgan fingerprint density at radius 3 is 2.76 bits per heavy atom. The summed E-state index contributed by atoms with van der Waals surface area (Å²) in [6, 6.07) is 13.4. The first-order valence-corrected chi connectivity index (χ1v) is 8.70. The highest BCUT2D eigenvalue weighted by Gasteiger charge is 2.20. The summed E-state index contributed by atoms with van der Waals surface area (Å²) < 4.78 is 5.25. The first-order valence-electron chi connectivity index (χ1n) is 8.70. The van der Waals surface area contributed by atoms with E-state index in [0.717, 1.165) is 12.2 Å². The SMILES string of the molecule is COc1ccccc1C(=O)Nc1ccc(N2CCCCC2C)c(N)c1. The number of ether oxygens (including phenoxy) is 1. The lowest BCUT2D eigenvalue weighted by Gasteiger charge is -2.36. The fraction of sp³-hybridized carbons (Fsp3) is 0.350. The minimum atomic E-state index is -0.212. The topological polar surface area (TPSA) is 67.6 Å². The van der Waals surface area contributed by atoms with Crippen LogP contribution in [-0.4, -0.2) is 25.6 Å². The Balaban J connectivity index is 1.78. The molecule has 3 N–H and O–H groups in total. The fourth-order valence-corrected chi connectivity index (χ4v) is 3.38. The number of nitrogen functional groups attached to an aromatic ring is 1. The summed E-state index contributed by atoms with van der Waals surface area (Å²) in [5.74, 6) is 0.336. The van der Waals surface area contributed by atoms with Gasteiger partial charge in [0.15, 0.2) is 0 Å². The van der Waals surface area contributed by atoms with Gasteiger partial charge < -0.3 is 20.7 Å². The Morgan fingerprint density at radius 1 is 1.24 bits per heavy atom. The number of amides is 1. The van der Waals surface area contributed by atoms with Crippen molar-refractivity contribution in [1.29, 1.82) is 0 Å². The molecule has 132 valence electrons. The summed E-state index contributed by atoms with van der Waals surface area (Å²) >= 11 is 0. The third kappa shape index (κ3) is 3.71. The van der Waals surface area contributed by atoms with Crippen molar-refractivity contribution < 1.29 is 9.53 Å². The summed E-state index contributed by atoms with van der Waals surface area (Å²) in [6.45, 7) is 3.26. The van der Waals surface area contributed by atoms with Crippen LogP contribution in [0.25, 0.3) is 0 Å². The van der Waals surface area contributed by atoms with Crippen LogP contribution in [0.4, 0.5) is 17.1 Å². The Labute approximate surface area is 148 Å². The number of para-hydroxylation sites is 1. The molecule has 0 saturated carbocycles. The van der Waals surface area contributed by atoms with Crippen molar-refractivity contribution in [2.45, 2.75) is 32.2 Å². The van der Waals surface area contributed by atoms with E-state index in [9.17, 15) is 4.79 Å². The number of methoxy groups -OCH3 is 1. The first-order chi connectivity index (χ1) is 12.1. The van der Waals surface area contributed by atoms with Gasteiger partial charge in [-0.3, -0.25) is 4.79 Å². The van der Waals surface area contributed by atoms with E-state index in [1.165, 1.54) is 19.3 Å². The van der Waals surface area contributed by atoms with Gasteiger partial charge in [0, 0.05) is 18.3 Å². The van der Waals surface area contributed by atoms with Crippen molar-refractivity contribution in [2.24, 2.45) is 0 Å². The van der Waals surface area contributed by atoms with Crippen LogP contribution in [-0.2, 0) is 0 Å². The quantitative estimate of drug-likeness (QED) is 0.829. The molecule has 0 aromatic heterocycles. The zero-order valence-corrected chi connectivity index (χ0v) is 14.8. The molecule has 1 fully saturated rings. The molecule has 1 aliphatic rings. The molecule has 0 spiro atoms. The van der Waals surface area contributed by atoms with E-state index in [1.54, 1.807) is 19.2 Å². The molecule has 25 heavy (non-hydrogen) atoms. The number of nitrogens with two attached hydrogens (primary N) is 1. The summed E-state index contributed by atoms with van der Waals surface area (Å²) in [6.07, 6.45) is 3.65. The van der Waals surface area contributed by atoms with E-state index in [-0.39, 0.29) is 5.91 Å². The molecule has 5 nitrogen and oxygen atoms in total. The number of hydrogen-bond donors (Lipinski definition) is 2. The normalized spacial score (nSPS) is 17.2. The van der Waals surface area contributed by atoms with E-state index in [2.05, 4.69) is 17.1 Å². The lowest BCUT2D eigenvalue weighted by Crippen LogP contribution is -2.37. The van der Waals surface area contributed by atoms with Crippen LogP contribution in [0.2, 0.25) is 0 Å². The molecule has 3 rings (SSSR count). The number of carbonyl (C=O) groups is 1. The lowest BCUT2D eigenvalue weighted by atomic mass is 10.0. The average Bonchev–Trinajstić information content (AvgIpc) is 2.62. The van der Waals surface area contributed by atoms with Crippen LogP contribution < -0.4 is 20.7 Å². The second kappa shape index (κ2) is 7.47. The predicted molar refractivity (Wildman–Crippen MR) is 102 cm³/mol. The van der Waals surface area contributed by atoms with Gasteiger partial charge in [0.2, 0.25) is 0 Å². The molecule has 0 radical (unpaired) electrons. The van der Waals surface area contributed by atoms with Crippen molar-refractivity contribution in [3.63, 3.8) is 0 Å². The maximum absolute atomic E-state index is 12.5. The average molecular weight is 339 g/mol. The summed E-state index contributed by atoms with van der Waals surface area (Å²) in [4.78, 5) is 14.9. The molecule has 1 unspecified atom stereocenters. The minimum Gasteiger partial charge on any atom is -0.496 e. The van der Waals surface area contributed by atoms with E-state index in [4.69, 9.17) is 10.5 Å². The van der Waals surface area contributed by atoms with Crippen molar-refractivity contribution in [3.8, 4) is 5.75 Å². The lowest BCUT2D eigenvalue weighted by molar-refractivity contribution is 0.102. The summed E-state index contributed by atoms with van der Waals surface area (Å²) in [7, 11) is 1.55. The summed E-state index contributed by atoms with van der Waals surface area (Å²) in [5.41, 5.74) is 9.18. The molecule has 1 atom stereocenters. The van der Waals surface area contributed by atoms with Crippen molar-refractivity contribution in [3.05, 3.63) is 48.0 Å². The van der Waals surface area contributed by atoms with Gasteiger partial charge in [-0.15, -0.1) is 0 Å². The zero-order valence-electron chi connectivity index (χ0n) is 14.8.